The molecule has 0 aromatic heterocycles. The minimum atomic E-state index is -0.897. The van der Waals surface area contributed by atoms with Crippen molar-refractivity contribution in [3.05, 3.63) is 41.5 Å². The average molecular weight is 321 g/mol. The summed E-state index contributed by atoms with van der Waals surface area (Å²) < 4.78 is 0. The highest BCUT2D eigenvalue weighted by molar-refractivity contribution is 7.99. The molecule has 0 heterocycles. The summed E-state index contributed by atoms with van der Waals surface area (Å²) in [6.45, 7) is 5.88. The second-order valence-corrected chi connectivity index (χ2v) is 6.58. The Hall–Kier alpha value is -1.75. The van der Waals surface area contributed by atoms with Crippen molar-refractivity contribution in [2.75, 3.05) is 19.3 Å². The second-order valence-electron chi connectivity index (χ2n) is 5.51. The van der Waals surface area contributed by atoms with Crippen LogP contribution in [-0.2, 0) is 4.79 Å². The minimum Gasteiger partial charge on any atom is -0.481 e. The minimum absolute atomic E-state index is 0.145. The van der Waals surface area contributed by atoms with Gasteiger partial charge in [0.1, 0.15) is 0 Å². The first kappa shape index (κ1) is 18.3. The van der Waals surface area contributed by atoms with Gasteiger partial charge in [-0.2, -0.15) is 0 Å². The molecular formula is C17H23NO3S. The molecule has 0 aliphatic rings. The lowest BCUT2D eigenvalue weighted by molar-refractivity contribution is -0.141. The van der Waals surface area contributed by atoms with Crippen molar-refractivity contribution in [2.45, 2.75) is 25.7 Å². The summed E-state index contributed by atoms with van der Waals surface area (Å²) in [7, 11) is 1.64. The van der Waals surface area contributed by atoms with Crippen molar-refractivity contribution in [1.82, 2.24) is 4.90 Å². The topological polar surface area (TPSA) is 57.6 Å². The third kappa shape index (κ3) is 5.56. The number of benzene rings is 1. The highest BCUT2D eigenvalue weighted by atomic mass is 32.2. The molecule has 0 aliphatic heterocycles. The molecule has 1 rings (SSSR count). The zero-order chi connectivity index (χ0) is 16.7. The van der Waals surface area contributed by atoms with E-state index in [1.54, 1.807) is 31.8 Å². The van der Waals surface area contributed by atoms with Crippen LogP contribution in [-0.4, -0.2) is 41.2 Å². The first-order valence-electron chi connectivity index (χ1n) is 7.16. The van der Waals surface area contributed by atoms with E-state index >= 15 is 0 Å². The summed E-state index contributed by atoms with van der Waals surface area (Å²) >= 11 is 1.61. The van der Waals surface area contributed by atoms with E-state index in [-0.39, 0.29) is 12.5 Å². The fourth-order valence-corrected chi connectivity index (χ4v) is 2.93. The van der Waals surface area contributed by atoms with Gasteiger partial charge in [-0.3, -0.25) is 9.59 Å². The number of hydrogen-bond donors (Lipinski definition) is 1. The summed E-state index contributed by atoms with van der Waals surface area (Å²) in [6.07, 6.45) is 2.11. The Morgan fingerprint density at radius 2 is 1.95 bits per heavy atom. The Morgan fingerprint density at radius 3 is 2.55 bits per heavy atom. The molecule has 1 unspecified atom stereocenters. The number of nitrogens with zero attached hydrogens (tertiary/aromatic N) is 1. The number of carboxylic acid groups (broad SMARTS) is 1. The van der Waals surface area contributed by atoms with E-state index in [0.29, 0.717) is 5.56 Å². The summed E-state index contributed by atoms with van der Waals surface area (Å²) in [5.41, 5.74) is 1.86. The maximum atomic E-state index is 12.5. The van der Waals surface area contributed by atoms with Crippen LogP contribution in [0.1, 0.15) is 31.1 Å². The van der Waals surface area contributed by atoms with Crippen LogP contribution in [0.4, 0.5) is 0 Å². The van der Waals surface area contributed by atoms with E-state index in [0.717, 1.165) is 10.6 Å². The SMILES string of the molecule is CC(C)=CCSc1ccccc1C(=O)N(C)CC(C)C(=O)O. The molecule has 1 aromatic carbocycles. The Balaban J connectivity index is 2.84. The number of hydrogen-bond acceptors (Lipinski definition) is 3. The van der Waals surface area contributed by atoms with Crippen molar-refractivity contribution >= 4 is 23.6 Å². The average Bonchev–Trinajstić information content (AvgIpc) is 2.46. The predicted octanol–water partition coefficient (Wildman–Crippen LogP) is 3.54. The van der Waals surface area contributed by atoms with E-state index in [1.807, 2.05) is 32.0 Å². The smallest absolute Gasteiger partial charge is 0.308 e. The molecule has 120 valence electrons. The molecule has 5 heteroatoms. The van der Waals surface area contributed by atoms with E-state index in [1.165, 1.54) is 10.5 Å². The number of thioether (sulfide) groups is 1. The van der Waals surface area contributed by atoms with Gasteiger partial charge < -0.3 is 10.0 Å². The number of carboxylic acids is 1. The van der Waals surface area contributed by atoms with Gasteiger partial charge in [-0.15, -0.1) is 11.8 Å². The molecule has 4 nitrogen and oxygen atoms in total. The van der Waals surface area contributed by atoms with Gasteiger partial charge in [-0.25, -0.2) is 0 Å². The van der Waals surface area contributed by atoms with Gasteiger partial charge in [-0.05, 0) is 26.0 Å². The Labute approximate surface area is 136 Å². The van der Waals surface area contributed by atoms with E-state index in [9.17, 15) is 9.59 Å². The van der Waals surface area contributed by atoms with Crippen LogP contribution in [0.3, 0.4) is 0 Å². The van der Waals surface area contributed by atoms with Crippen molar-refractivity contribution in [2.24, 2.45) is 5.92 Å². The van der Waals surface area contributed by atoms with Crippen LogP contribution in [0, 0.1) is 5.92 Å². The molecule has 0 aliphatic carbocycles. The fraction of sp³-hybridized carbons (Fsp3) is 0.412. The van der Waals surface area contributed by atoms with Crippen molar-refractivity contribution < 1.29 is 14.7 Å². The van der Waals surface area contributed by atoms with Crippen LogP contribution in [0.2, 0.25) is 0 Å². The first-order chi connectivity index (χ1) is 10.3. The van der Waals surface area contributed by atoms with E-state index in [4.69, 9.17) is 5.11 Å². The maximum Gasteiger partial charge on any atom is 0.308 e. The summed E-state index contributed by atoms with van der Waals surface area (Å²) in [6, 6.07) is 7.44. The molecule has 1 amide bonds. The Morgan fingerprint density at radius 1 is 1.32 bits per heavy atom. The summed E-state index contributed by atoms with van der Waals surface area (Å²) in [5, 5.41) is 8.96. The van der Waals surface area contributed by atoms with Crippen molar-refractivity contribution in [1.29, 1.82) is 0 Å². The van der Waals surface area contributed by atoms with Gasteiger partial charge in [0.25, 0.3) is 5.91 Å². The lowest BCUT2D eigenvalue weighted by atomic mass is 10.1. The molecule has 0 saturated heterocycles. The van der Waals surface area contributed by atoms with Crippen LogP contribution in [0.15, 0.2) is 40.8 Å². The number of amides is 1. The summed E-state index contributed by atoms with van der Waals surface area (Å²) in [4.78, 5) is 25.8. The Bertz CT molecular complexity index is 565. The third-order valence-electron chi connectivity index (χ3n) is 3.16. The van der Waals surface area contributed by atoms with Crippen LogP contribution < -0.4 is 0 Å². The number of carbonyl (C=O) groups is 2. The zero-order valence-corrected chi connectivity index (χ0v) is 14.3. The van der Waals surface area contributed by atoms with Gasteiger partial charge >= 0.3 is 5.97 Å². The lowest BCUT2D eigenvalue weighted by Crippen LogP contribution is -2.33. The molecule has 1 aromatic rings. The lowest BCUT2D eigenvalue weighted by Gasteiger charge is -2.20. The fourth-order valence-electron chi connectivity index (χ4n) is 1.84. The highest BCUT2D eigenvalue weighted by Gasteiger charge is 2.20. The largest absolute Gasteiger partial charge is 0.481 e. The molecule has 22 heavy (non-hydrogen) atoms. The van der Waals surface area contributed by atoms with Crippen molar-refractivity contribution in [3.63, 3.8) is 0 Å². The van der Waals surface area contributed by atoms with Gasteiger partial charge in [0.05, 0.1) is 11.5 Å². The molecular weight excluding hydrogens is 298 g/mol. The molecule has 1 N–H and O–H groups in total. The monoisotopic (exact) mass is 321 g/mol. The molecule has 0 spiro atoms. The molecule has 0 fully saturated rings. The standard InChI is InChI=1S/C17H23NO3S/c1-12(2)9-10-22-15-8-6-5-7-14(15)16(19)18(4)11-13(3)17(20)21/h5-9,13H,10-11H2,1-4H3,(H,20,21). The normalized spacial score (nSPS) is 11.6. The predicted molar refractivity (Wildman–Crippen MR) is 90.4 cm³/mol. The maximum absolute atomic E-state index is 12.5. The van der Waals surface area contributed by atoms with Crippen LogP contribution >= 0.6 is 11.8 Å². The summed E-state index contributed by atoms with van der Waals surface area (Å²) in [5.74, 6) is -0.819. The number of aliphatic carboxylic acids is 1. The second kappa shape index (κ2) is 8.63. The zero-order valence-electron chi connectivity index (χ0n) is 13.5. The van der Waals surface area contributed by atoms with Gasteiger partial charge in [0.2, 0.25) is 0 Å². The van der Waals surface area contributed by atoms with Crippen LogP contribution in [0.25, 0.3) is 0 Å². The van der Waals surface area contributed by atoms with Gasteiger partial charge in [0.15, 0.2) is 0 Å². The van der Waals surface area contributed by atoms with Crippen molar-refractivity contribution in [3.8, 4) is 0 Å². The number of allylic oxidation sites excluding steroid dienone is 1. The number of rotatable bonds is 7. The van der Waals surface area contributed by atoms with E-state index < -0.39 is 11.9 Å². The van der Waals surface area contributed by atoms with Crippen LogP contribution in [0.5, 0.6) is 0 Å². The Kier molecular flexibility index (Phi) is 7.18. The van der Waals surface area contributed by atoms with Gasteiger partial charge in [0, 0.05) is 24.2 Å². The quantitative estimate of drug-likeness (QED) is 0.616. The van der Waals surface area contributed by atoms with Gasteiger partial charge in [-0.1, -0.05) is 30.7 Å². The van der Waals surface area contributed by atoms with E-state index in [2.05, 4.69) is 6.08 Å². The highest BCUT2D eigenvalue weighted by Crippen LogP contribution is 2.24. The first-order valence-corrected chi connectivity index (χ1v) is 8.15. The third-order valence-corrected chi connectivity index (χ3v) is 4.16. The molecule has 0 bridgehead atoms. The molecule has 0 saturated carbocycles. The molecule has 1 atom stereocenters. The molecule has 0 radical (unpaired) electrons. The number of carbonyl (C=O) groups excluding carboxylic acids is 1.